The number of allylic oxidation sites excluding steroid dienone is 1. The van der Waals surface area contributed by atoms with E-state index in [0.717, 1.165) is 47.3 Å². The number of nitrogens with one attached hydrogen (secondary N) is 5. The number of esters is 1. The van der Waals surface area contributed by atoms with Gasteiger partial charge in [0, 0.05) is 70.1 Å². The van der Waals surface area contributed by atoms with Gasteiger partial charge in [-0.2, -0.15) is 4.98 Å². The third-order valence-corrected chi connectivity index (χ3v) is 17.9. The number of nitrogens with zero attached hydrogens (tertiary/aromatic N) is 4. The summed E-state index contributed by atoms with van der Waals surface area (Å²) < 4.78 is 29.1. The molecule has 1 unspecified atom stereocenters. The Morgan fingerprint density at radius 1 is 0.989 bits per heavy atom. The topological polar surface area (TPSA) is 405 Å². The van der Waals surface area contributed by atoms with Crippen LogP contribution in [-0.4, -0.2) is 144 Å². The second-order valence-corrected chi connectivity index (χ2v) is 24.2. The Labute approximate surface area is 508 Å². The molecule has 0 bridgehead atoms. The lowest BCUT2D eigenvalue weighted by atomic mass is 9.73. The van der Waals surface area contributed by atoms with Crippen molar-refractivity contribution in [2.75, 3.05) is 35.8 Å². The van der Waals surface area contributed by atoms with Crippen LogP contribution in [0.3, 0.4) is 0 Å². The molecule has 27 nitrogen and oxygen atoms in total. The molecular formula is C59H62N10O17S2. The van der Waals surface area contributed by atoms with Crippen LogP contribution >= 0.6 is 21.6 Å². The number of ether oxygens (including phenoxy) is 4. The number of nitroso groups, excluding NO2 is 1. The molecule has 462 valence electrons. The number of aliphatic carboxylic acids is 1. The number of carboxylic acids is 1. The second kappa shape index (κ2) is 27.6. The van der Waals surface area contributed by atoms with E-state index >= 15 is 0 Å². The van der Waals surface area contributed by atoms with Crippen LogP contribution in [0, 0.1) is 4.91 Å². The molecule has 10 N–H and O–H groups in total. The number of fused-ring (bicyclic) bond motifs is 4. The monoisotopic (exact) mass is 1250 g/mol. The molecule has 0 radical (unpaired) electrons. The summed E-state index contributed by atoms with van der Waals surface area (Å²) in [5.41, 5.74) is 6.97. The number of hydrogen-bond donors (Lipinski definition) is 9. The molecule has 3 aliphatic carbocycles. The summed E-state index contributed by atoms with van der Waals surface area (Å²) in [4.78, 5) is 132. The van der Waals surface area contributed by atoms with E-state index in [4.69, 9.17) is 29.1 Å². The normalized spacial score (nSPS) is 21.5. The predicted octanol–water partition coefficient (Wildman–Crippen LogP) is 5.75. The molecule has 29 heteroatoms. The van der Waals surface area contributed by atoms with Gasteiger partial charge in [-0.25, -0.2) is 24.4 Å². The highest BCUT2D eigenvalue weighted by Gasteiger charge is 2.45. The average Bonchev–Trinajstić information content (AvgIpc) is 1.40. The number of anilines is 2. The number of nitrogens with two attached hydrogens (primary N) is 1. The zero-order chi connectivity index (χ0) is 62.2. The highest BCUT2D eigenvalue weighted by Crippen LogP contribution is 2.50. The molecule has 3 aromatic heterocycles. The zero-order valence-corrected chi connectivity index (χ0v) is 48.9. The summed E-state index contributed by atoms with van der Waals surface area (Å²) in [6, 6.07) is 10.8. The number of carboxylic acid groups (broad SMARTS) is 1. The standard InChI is InChI=1S/C59H62N10O17S2/c1-29(70)59(80)23-31-20-38-37(48-47-35(50(38)73)10-7-11-43(47)86-54(48)69-81)21-36(31)44(24-59)85-46-22-40(42(71)27-83-46)66-58(79)82-18-19-87-88-28-41(55(76)77)64-45(72)17-16-39(56(78)84-34-8-5-3-2-4-6-9-34)65-52(74)30-12-14-32(15-13-30)61-25-33-26-62-51-49(63-33)53(75)68-57(60)67-51/h5,7-8,10-15,20-21,26,34,39-42,44,46,61,71,80H,2-4,6,9,16-19,22-25,27-28H2,1H3,(H,64,72)(H,65,74)(H,66,79)(H,76,77)(H3,60,62,67,68,75)/b8-5+/t34?,39-,40-,41-,42-,44+,46+,59+/m1/s1. The van der Waals surface area contributed by atoms with E-state index in [9.17, 15) is 58.6 Å². The lowest BCUT2D eigenvalue weighted by molar-refractivity contribution is -0.224. The molecular weight excluding hydrogens is 1180 g/mol. The SMILES string of the molecule is CC(=O)[C@]1(O)Cc2cc3c(cc2[C@@H](O[C@H]2C[C@@H](NC(=O)OCCSSC[C@@H](NC(=O)CC[C@@H](NC(=O)c4ccc(NCc5cnc6nc(N)[nH]c(=O)c6n5)cc4)C(=O)OC4/C=C/CCCCC4)C(=O)O)[C@H](O)CO2)C1)-c1c(N=O)oc2cccc(c12)C3=O. The van der Waals surface area contributed by atoms with E-state index in [1.54, 1.807) is 42.5 Å². The van der Waals surface area contributed by atoms with E-state index in [1.165, 1.54) is 25.3 Å². The third kappa shape index (κ3) is 14.5. The molecule has 0 spiro atoms. The van der Waals surface area contributed by atoms with Gasteiger partial charge in [0.2, 0.25) is 11.9 Å². The molecule has 6 aromatic rings. The Hall–Kier alpha value is -8.61. The second-order valence-electron chi connectivity index (χ2n) is 21.6. The molecule has 3 amide bonds. The fourth-order valence-electron chi connectivity index (χ4n) is 10.9. The van der Waals surface area contributed by atoms with Crippen LogP contribution in [0.1, 0.15) is 114 Å². The number of hydrogen-bond acceptors (Lipinski definition) is 24. The van der Waals surface area contributed by atoms with E-state index < -0.39 is 89.5 Å². The fourth-order valence-corrected chi connectivity index (χ4v) is 12.8. The van der Waals surface area contributed by atoms with Crippen molar-refractivity contribution in [3.63, 3.8) is 0 Å². The first-order chi connectivity index (χ1) is 42.3. The van der Waals surface area contributed by atoms with Crippen molar-refractivity contribution in [1.29, 1.82) is 0 Å². The summed E-state index contributed by atoms with van der Waals surface area (Å²) in [6.45, 7) is 1.00. The average molecular weight is 1250 g/mol. The van der Waals surface area contributed by atoms with Gasteiger partial charge in [0.05, 0.1) is 48.9 Å². The Morgan fingerprint density at radius 3 is 2.59 bits per heavy atom. The van der Waals surface area contributed by atoms with Crippen LogP contribution in [-0.2, 0) is 51.1 Å². The number of aromatic amines is 1. The van der Waals surface area contributed by atoms with Gasteiger partial charge in [0.15, 0.2) is 29.0 Å². The van der Waals surface area contributed by atoms with Crippen molar-refractivity contribution in [2.45, 2.75) is 126 Å². The van der Waals surface area contributed by atoms with E-state index in [0.29, 0.717) is 56.6 Å². The number of Topliss-reactive ketones (excluding diaryl/α,β-unsaturated/α-hetero) is 1. The van der Waals surface area contributed by atoms with Gasteiger partial charge < -0.3 is 65.7 Å². The zero-order valence-electron chi connectivity index (χ0n) is 47.3. The van der Waals surface area contributed by atoms with Crippen molar-refractivity contribution < 1.29 is 72.2 Å². The minimum Gasteiger partial charge on any atom is -0.480 e. The van der Waals surface area contributed by atoms with Crippen LogP contribution < -0.4 is 32.6 Å². The molecule has 88 heavy (non-hydrogen) atoms. The molecule has 8 atom stereocenters. The van der Waals surface area contributed by atoms with Crippen molar-refractivity contribution in [1.82, 2.24) is 35.9 Å². The summed E-state index contributed by atoms with van der Waals surface area (Å²) in [5.74, 6) is -4.54. The molecule has 0 saturated carbocycles. The molecule has 1 saturated heterocycles. The van der Waals surface area contributed by atoms with Crippen LogP contribution in [0.5, 0.6) is 0 Å². The van der Waals surface area contributed by atoms with Crippen LogP contribution in [0.15, 0.2) is 87.3 Å². The maximum absolute atomic E-state index is 13.9. The molecule has 10 rings (SSSR count). The molecule has 1 aliphatic heterocycles. The molecule has 4 aliphatic rings. The van der Waals surface area contributed by atoms with Gasteiger partial charge in [-0.1, -0.05) is 46.2 Å². The summed E-state index contributed by atoms with van der Waals surface area (Å²) in [6.07, 6.45) is 3.64. The lowest BCUT2D eigenvalue weighted by Gasteiger charge is -2.40. The Morgan fingerprint density at radius 2 is 1.81 bits per heavy atom. The van der Waals surface area contributed by atoms with Gasteiger partial charge in [-0.05, 0) is 104 Å². The molecule has 3 aromatic carbocycles. The minimum atomic E-state index is -1.89. The number of rotatable bonds is 23. The number of aromatic nitrogens is 4. The summed E-state index contributed by atoms with van der Waals surface area (Å²) >= 11 is 0. The van der Waals surface area contributed by atoms with Gasteiger partial charge in [-0.3, -0.25) is 29.0 Å². The van der Waals surface area contributed by atoms with Gasteiger partial charge in [0.25, 0.3) is 17.4 Å². The van der Waals surface area contributed by atoms with Crippen molar-refractivity contribution in [3.05, 3.63) is 122 Å². The number of carbonyl (C=O) groups excluding carboxylic acids is 6. The Kier molecular flexibility index (Phi) is 19.6. The van der Waals surface area contributed by atoms with Crippen molar-refractivity contribution in [3.8, 4) is 11.1 Å². The van der Waals surface area contributed by atoms with Crippen LogP contribution in [0.25, 0.3) is 33.3 Å². The summed E-state index contributed by atoms with van der Waals surface area (Å²) in [7, 11) is 2.26. The highest BCUT2D eigenvalue weighted by molar-refractivity contribution is 8.76. The number of benzene rings is 3. The van der Waals surface area contributed by atoms with E-state index in [-0.39, 0.29) is 103 Å². The number of nitrogen functional groups attached to an aromatic ring is 1. The smallest absolute Gasteiger partial charge is 0.407 e. The number of amides is 3. The third-order valence-electron chi connectivity index (χ3n) is 15.5. The lowest BCUT2D eigenvalue weighted by Crippen LogP contribution is -2.52. The number of H-pyrrole nitrogens is 1. The number of aliphatic hydroxyl groups excluding tert-OH is 1. The van der Waals surface area contributed by atoms with Gasteiger partial charge in [0.1, 0.15) is 36.0 Å². The number of furan rings is 1. The van der Waals surface area contributed by atoms with Crippen LogP contribution in [0.4, 0.5) is 22.3 Å². The Bertz CT molecular complexity index is 3790. The largest absolute Gasteiger partial charge is 0.480 e. The van der Waals surface area contributed by atoms with Gasteiger partial charge in [-0.15, -0.1) is 4.91 Å². The maximum Gasteiger partial charge on any atom is 0.407 e. The maximum atomic E-state index is 13.9. The number of carbonyl (C=O) groups is 7. The molecule has 1 fully saturated rings. The quantitative estimate of drug-likeness (QED) is 0.0121. The highest BCUT2D eigenvalue weighted by atomic mass is 33.1. The van der Waals surface area contributed by atoms with Crippen molar-refractivity contribution in [2.24, 2.45) is 5.18 Å². The van der Waals surface area contributed by atoms with Crippen molar-refractivity contribution >= 4 is 103 Å². The summed E-state index contributed by atoms with van der Waals surface area (Å²) in [5, 5.41) is 47.0. The van der Waals surface area contributed by atoms with Crippen LogP contribution in [0.2, 0.25) is 0 Å². The number of alkyl carbamates (subject to hydrolysis) is 1. The van der Waals surface area contributed by atoms with Gasteiger partial charge >= 0.3 is 18.0 Å². The number of ketones is 2. The first-order valence-corrected chi connectivity index (χ1v) is 30.9. The number of aliphatic hydroxyl groups is 2. The predicted molar refractivity (Wildman–Crippen MR) is 320 cm³/mol. The van der Waals surface area contributed by atoms with E-state index in [1.807, 2.05) is 12.2 Å². The van der Waals surface area contributed by atoms with E-state index in [2.05, 4.69) is 46.4 Å². The Balaban J connectivity index is 0.687. The minimum absolute atomic E-state index is 0.0188. The molecule has 4 heterocycles. The first-order valence-electron chi connectivity index (χ1n) is 28.4. The fraction of sp³-hybridized carbons (Fsp3) is 0.407. The first kappa shape index (κ1) is 62.4.